The van der Waals surface area contributed by atoms with Crippen LogP contribution in [0.25, 0.3) is 0 Å². The number of nitrogens with zero attached hydrogens (tertiary/aromatic N) is 1. The molecule has 1 heterocycles. The lowest BCUT2D eigenvalue weighted by atomic mass is 10.1. The number of aromatic nitrogens is 1. The van der Waals surface area contributed by atoms with Gasteiger partial charge in [-0.05, 0) is 12.8 Å². The Morgan fingerprint density at radius 1 is 1.62 bits per heavy atom. The highest BCUT2D eigenvalue weighted by Crippen LogP contribution is 2.42. The minimum atomic E-state index is 0.330. The van der Waals surface area contributed by atoms with Crippen LogP contribution in [0.2, 0.25) is 5.02 Å². The van der Waals surface area contributed by atoms with E-state index >= 15 is 0 Å². The first-order valence-electron chi connectivity index (χ1n) is 4.13. The normalized spacial score (nSPS) is 15.8. The van der Waals surface area contributed by atoms with Crippen LogP contribution in [0.4, 0.5) is 5.69 Å². The van der Waals surface area contributed by atoms with Crippen LogP contribution in [0.3, 0.4) is 0 Å². The van der Waals surface area contributed by atoms with E-state index in [1.165, 1.54) is 6.20 Å². The predicted octanol–water partition coefficient (Wildman–Crippen LogP) is 2.01. The van der Waals surface area contributed by atoms with E-state index in [0.29, 0.717) is 28.5 Å². The molecule has 0 bridgehead atoms. The van der Waals surface area contributed by atoms with Crippen molar-refractivity contribution in [1.29, 1.82) is 0 Å². The fraction of sp³-hybridized carbons (Fsp3) is 0.333. The van der Waals surface area contributed by atoms with Crippen LogP contribution >= 0.6 is 11.6 Å². The maximum absolute atomic E-state index is 10.7. The molecule has 0 aliphatic heterocycles. The Morgan fingerprint density at radius 3 is 2.85 bits per heavy atom. The Hall–Kier alpha value is -1.09. The molecule has 68 valence electrons. The number of hydrogen-bond donors (Lipinski definition) is 1. The molecule has 0 unspecified atom stereocenters. The molecule has 2 N–H and O–H groups in total. The van der Waals surface area contributed by atoms with Crippen LogP contribution in [0.15, 0.2) is 6.20 Å². The fourth-order valence-electron chi connectivity index (χ4n) is 1.33. The molecule has 2 rings (SSSR count). The number of pyridine rings is 1. The molecule has 0 spiro atoms. The Balaban J connectivity index is 2.53. The molecule has 1 aliphatic rings. The molecule has 1 aromatic rings. The molecule has 13 heavy (non-hydrogen) atoms. The highest BCUT2D eigenvalue weighted by Gasteiger charge is 2.28. The van der Waals surface area contributed by atoms with Crippen LogP contribution in [0.1, 0.15) is 34.8 Å². The zero-order valence-corrected chi connectivity index (χ0v) is 7.71. The van der Waals surface area contributed by atoms with Gasteiger partial charge in [-0.2, -0.15) is 0 Å². The zero-order chi connectivity index (χ0) is 9.42. The molecule has 0 amide bonds. The van der Waals surface area contributed by atoms with Crippen molar-refractivity contribution < 1.29 is 4.79 Å². The lowest BCUT2D eigenvalue weighted by Gasteiger charge is -2.06. The molecule has 0 atom stereocenters. The number of nitrogen functional groups attached to an aromatic ring is 1. The topological polar surface area (TPSA) is 56.0 Å². The van der Waals surface area contributed by atoms with E-state index in [-0.39, 0.29) is 0 Å². The van der Waals surface area contributed by atoms with Crippen LogP contribution in [-0.2, 0) is 0 Å². The summed E-state index contributed by atoms with van der Waals surface area (Å²) in [6, 6.07) is 0. The van der Waals surface area contributed by atoms with Crippen LogP contribution < -0.4 is 5.73 Å². The molecule has 4 heteroatoms. The van der Waals surface area contributed by atoms with Gasteiger partial charge in [0.2, 0.25) is 0 Å². The SMILES string of the molecule is Nc1c(C2CC2)ncc(Cl)c1C=O. The van der Waals surface area contributed by atoms with Crippen molar-refractivity contribution in [3.63, 3.8) is 0 Å². The van der Waals surface area contributed by atoms with Crippen molar-refractivity contribution in [2.75, 3.05) is 5.73 Å². The summed E-state index contributed by atoms with van der Waals surface area (Å²) in [5.41, 5.74) is 7.41. The van der Waals surface area contributed by atoms with Gasteiger partial charge in [0.15, 0.2) is 6.29 Å². The molecular formula is C9H9ClN2O. The molecule has 0 aromatic carbocycles. The summed E-state index contributed by atoms with van der Waals surface area (Å²) in [5.74, 6) is 0.441. The Morgan fingerprint density at radius 2 is 2.31 bits per heavy atom. The molecular weight excluding hydrogens is 188 g/mol. The van der Waals surface area contributed by atoms with E-state index in [2.05, 4.69) is 4.98 Å². The van der Waals surface area contributed by atoms with Crippen molar-refractivity contribution in [2.45, 2.75) is 18.8 Å². The maximum atomic E-state index is 10.7. The first-order chi connectivity index (χ1) is 6.24. The number of nitrogens with two attached hydrogens (primary N) is 1. The largest absolute Gasteiger partial charge is 0.397 e. The van der Waals surface area contributed by atoms with Crippen molar-refractivity contribution in [3.8, 4) is 0 Å². The number of carbonyl (C=O) groups is 1. The third-order valence-corrected chi connectivity index (χ3v) is 2.52. The second-order valence-corrected chi connectivity index (χ2v) is 3.62. The third-order valence-electron chi connectivity index (χ3n) is 2.22. The Kier molecular flexibility index (Phi) is 1.96. The van der Waals surface area contributed by atoms with Crippen molar-refractivity contribution in [1.82, 2.24) is 4.98 Å². The second-order valence-electron chi connectivity index (χ2n) is 3.21. The maximum Gasteiger partial charge on any atom is 0.153 e. The lowest BCUT2D eigenvalue weighted by Crippen LogP contribution is -2.01. The quantitative estimate of drug-likeness (QED) is 0.737. The summed E-state index contributed by atoms with van der Waals surface area (Å²) >= 11 is 5.75. The van der Waals surface area contributed by atoms with E-state index in [0.717, 1.165) is 18.5 Å². The van der Waals surface area contributed by atoms with Crippen molar-refractivity contribution in [3.05, 3.63) is 22.5 Å². The van der Waals surface area contributed by atoms with Gasteiger partial charge in [-0.1, -0.05) is 11.6 Å². The van der Waals surface area contributed by atoms with Gasteiger partial charge in [-0.15, -0.1) is 0 Å². The summed E-state index contributed by atoms with van der Waals surface area (Å²) in [6.45, 7) is 0. The van der Waals surface area contributed by atoms with Crippen LogP contribution in [-0.4, -0.2) is 11.3 Å². The van der Waals surface area contributed by atoms with E-state index in [1.54, 1.807) is 0 Å². The van der Waals surface area contributed by atoms with Gasteiger partial charge < -0.3 is 5.73 Å². The summed E-state index contributed by atoms with van der Waals surface area (Å²) in [7, 11) is 0. The molecule has 0 radical (unpaired) electrons. The number of halogens is 1. The standard InChI is InChI=1S/C9H9ClN2O/c10-7-3-12-9(5-1-2-5)8(11)6(7)4-13/h3-5H,1-2,11H2. The van der Waals surface area contributed by atoms with Gasteiger partial charge in [-0.3, -0.25) is 9.78 Å². The minimum Gasteiger partial charge on any atom is -0.397 e. The highest BCUT2D eigenvalue weighted by molar-refractivity contribution is 6.33. The Bertz CT molecular complexity index is 361. The first-order valence-corrected chi connectivity index (χ1v) is 4.51. The van der Waals surface area contributed by atoms with E-state index in [9.17, 15) is 4.79 Å². The van der Waals surface area contributed by atoms with Gasteiger partial charge in [0.25, 0.3) is 0 Å². The molecule has 1 saturated carbocycles. The fourth-order valence-corrected chi connectivity index (χ4v) is 1.53. The van der Waals surface area contributed by atoms with E-state index < -0.39 is 0 Å². The average Bonchev–Trinajstić information content (AvgIpc) is 2.88. The van der Waals surface area contributed by atoms with E-state index in [1.807, 2.05) is 0 Å². The number of hydrogen-bond acceptors (Lipinski definition) is 3. The third kappa shape index (κ3) is 1.40. The predicted molar refractivity (Wildman–Crippen MR) is 51.0 cm³/mol. The summed E-state index contributed by atoms with van der Waals surface area (Å²) in [5, 5.41) is 0.330. The number of rotatable bonds is 2. The highest BCUT2D eigenvalue weighted by atomic mass is 35.5. The van der Waals surface area contributed by atoms with Crippen molar-refractivity contribution in [2.24, 2.45) is 0 Å². The summed E-state index contributed by atoms with van der Waals surface area (Å²) in [6.07, 6.45) is 4.40. The smallest absolute Gasteiger partial charge is 0.153 e. The van der Waals surface area contributed by atoms with Gasteiger partial charge in [0.1, 0.15) is 0 Å². The zero-order valence-electron chi connectivity index (χ0n) is 6.96. The summed E-state index contributed by atoms with van der Waals surface area (Å²) < 4.78 is 0. The number of anilines is 1. The van der Waals surface area contributed by atoms with Crippen molar-refractivity contribution >= 4 is 23.6 Å². The second kappa shape index (κ2) is 3.00. The van der Waals surface area contributed by atoms with Gasteiger partial charge >= 0.3 is 0 Å². The number of aldehydes is 1. The molecule has 1 fully saturated rings. The molecule has 3 nitrogen and oxygen atoms in total. The summed E-state index contributed by atoms with van der Waals surface area (Å²) in [4.78, 5) is 14.8. The number of carbonyl (C=O) groups excluding carboxylic acids is 1. The minimum absolute atomic E-state index is 0.330. The average molecular weight is 197 g/mol. The lowest BCUT2D eigenvalue weighted by molar-refractivity contribution is 0.112. The molecule has 1 aromatic heterocycles. The van der Waals surface area contributed by atoms with E-state index in [4.69, 9.17) is 17.3 Å². The first kappa shape index (κ1) is 8.51. The molecule has 0 saturated heterocycles. The van der Waals surface area contributed by atoms with Gasteiger partial charge in [0.05, 0.1) is 22.0 Å². The van der Waals surface area contributed by atoms with Gasteiger partial charge in [-0.25, -0.2) is 0 Å². The monoisotopic (exact) mass is 196 g/mol. The van der Waals surface area contributed by atoms with Gasteiger partial charge in [0, 0.05) is 12.1 Å². The van der Waals surface area contributed by atoms with Crippen LogP contribution in [0, 0.1) is 0 Å². The Labute approximate surface area is 80.9 Å². The molecule has 1 aliphatic carbocycles. The van der Waals surface area contributed by atoms with Crippen LogP contribution in [0.5, 0.6) is 0 Å².